The van der Waals surface area contributed by atoms with Gasteiger partial charge in [0.1, 0.15) is 0 Å². The van der Waals surface area contributed by atoms with Crippen molar-refractivity contribution in [3.63, 3.8) is 0 Å². The van der Waals surface area contributed by atoms with Crippen molar-refractivity contribution in [2.75, 3.05) is 5.32 Å². The van der Waals surface area contributed by atoms with Gasteiger partial charge >= 0.3 is 5.97 Å². The van der Waals surface area contributed by atoms with Crippen LogP contribution in [0.2, 0.25) is 0 Å². The van der Waals surface area contributed by atoms with Crippen LogP contribution in [0.25, 0.3) is 0 Å². The van der Waals surface area contributed by atoms with E-state index < -0.39 is 23.1 Å². The van der Waals surface area contributed by atoms with E-state index in [1.807, 2.05) is 24.3 Å². The average Bonchev–Trinajstić information content (AvgIpc) is 3.03. The van der Waals surface area contributed by atoms with Crippen LogP contribution in [-0.2, 0) is 0 Å². The lowest BCUT2D eigenvalue weighted by molar-refractivity contribution is 0.0656. The van der Waals surface area contributed by atoms with Crippen molar-refractivity contribution in [3.05, 3.63) is 135 Å². The molecule has 4 aromatic rings. The third-order valence-corrected chi connectivity index (χ3v) is 9.54. The summed E-state index contributed by atoms with van der Waals surface area (Å²) in [6, 6.07) is 31.4. The van der Waals surface area contributed by atoms with Crippen LogP contribution >= 0.6 is 0 Å². The molecule has 2 N–H and O–H groups in total. The van der Waals surface area contributed by atoms with Crippen LogP contribution in [0.15, 0.2) is 106 Å². The van der Waals surface area contributed by atoms with Crippen LogP contribution in [0.1, 0.15) is 123 Å². The van der Waals surface area contributed by atoms with E-state index in [1.54, 1.807) is 0 Å². The molecule has 0 bridgehead atoms. The first-order chi connectivity index (χ1) is 21.8. The lowest BCUT2D eigenvalue weighted by Crippen LogP contribution is -2.32. The Kier molecular flexibility index (Phi) is 11.0. The highest BCUT2D eigenvalue weighted by Crippen LogP contribution is 2.52. The first-order valence-electron chi connectivity index (χ1n) is 16.2. The number of benzene rings is 3. The van der Waals surface area contributed by atoms with Crippen molar-refractivity contribution >= 4 is 17.6 Å². The third kappa shape index (κ3) is 8.42. The number of rotatable bonds is 14. The van der Waals surface area contributed by atoms with E-state index in [0.29, 0.717) is 23.4 Å². The van der Waals surface area contributed by atoms with E-state index in [0.717, 1.165) is 37.8 Å². The number of anilines is 1. The van der Waals surface area contributed by atoms with Gasteiger partial charge in [0.2, 0.25) is 5.76 Å². The molecule has 1 aromatic heterocycles. The fourth-order valence-electron chi connectivity index (χ4n) is 7.13. The Morgan fingerprint density at radius 3 is 1.74 bits per heavy atom. The fraction of sp³-hybridized carbons (Fsp3) is 0.375. The Labute approximate surface area is 272 Å². The molecular weight excluding hydrogens is 574 g/mol. The molecule has 242 valence electrons. The molecule has 1 amide bonds. The summed E-state index contributed by atoms with van der Waals surface area (Å²) in [6.07, 6.45) is 4.09. The van der Waals surface area contributed by atoms with E-state index in [9.17, 15) is 14.4 Å². The van der Waals surface area contributed by atoms with Crippen LogP contribution in [0.4, 0.5) is 5.69 Å². The summed E-state index contributed by atoms with van der Waals surface area (Å²) < 4.78 is 5.12. The molecule has 3 aromatic carbocycles. The molecule has 0 aliphatic rings. The normalized spacial score (nSPS) is 13.9. The first-order valence-corrected chi connectivity index (χ1v) is 16.2. The van der Waals surface area contributed by atoms with Crippen molar-refractivity contribution in [1.82, 2.24) is 0 Å². The van der Waals surface area contributed by atoms with Crippen molar-refractivity contribution in [2.24, 2.45) is 10.8 Å². The molecule has 3 unspecified atom stereocenters. The lowest BCUT2D eigenvalue weighted by atomic mass is 9.60. The Morgan fingerprint density at radius 1 is 0.696 bits per heavy atom. The minimum absolute atomic E-state index is 0.0200. The van der Waals surface area contributed by atoms with E-state index >= 15 is 0 Å². The van der Waals surface area contributed by atoms with Gasteiger partial charge in [-0.2, -0.15) is 0 Å². The Hall–Kier alpha value is -4.45. The monoisotopic (exact) mass is 621 g/mol. The van der Waals surface area contributed by atoms with Gasteiger partial charge < -0.3 is 14.8 Å². The molecule has 0 aliphatic carbocycles. The summed E-state index contributed by atoms with van der Waals surface area (Å²) in [4.78, 5) is 35.9. The lowest BCUT2D eigenvalue weighted by Gasteiger charge is -2.44. The summed E-state index contributed by atoms with van der Waals surface area (Å²) in [5.74, 6) is -1.95. The molecule has 46 heavy (non-hydrogen) atoms. The number of carboxylic acids is 1. The van der Waals surface area contributed by atoms with Crippen molar-refractivity contribution < 1.29 is 19.1 Å². The molecular formula is C40H47NO5. The summed E-state index contributed by atoms with van der Waals surface area (Å²) in [7, 11) is 0. The number of carboxylic acid groups (broad SMARTS) is 1. The predicted octanol–water partition coefficient (Wildman–Crippen LogP) is 9.89. The summed E-state index contributed by atoms with van der Waals surface area (Å²) >= 11 is 0. The van der Waals surface area contributed by atoms with Gasteiger partial charge in [-0.1, -0.05) is 114 Å². The zero-order valence-electron chi connectivity index (χ0n) is 27.9. The molecule has 6 heteroatoms. The van der Waals surface area contributed by atoms with E-state index in [1.165, 1.54) is 16.7 Å². The number of carbonyl (C=O) groups is 2. The Bertz CT molecular complexity index is 1660. The topological polar surface area (TPSA) is 96.6 Å². The Morgan fingerprint density at radius 2 is 1.22 bits per heavy atom. The highest BCUT2D eigenvalue weighted by atomic mass is 16.4. The maximum absolute atomic E-state index is 12.8. The zero-order chi connectivity index (χ0) is 33.5. The van der Waals surface area contributed by atoms with Crippen molar-refractivity contribution in [3.8, 4) is 0 Å². The molecule has 3 atom stereocenters. The van der Waals surface area contributed by atoms with Crippen molar-refractivity contribution in [1.29, 1.82) is 0 Å². The Balaban J connectivity index is 1.55. The highest BCUT2D eigenvalue weighted by molar-refractivity contribution is 6.02. The van der Waals surface area contributed by atoms with Gasteiger partial charge in [0, 0.05) is 17.8 Å². The number of carbonyl (C=O) groups excluding carboxylic acids is 1. The molecule has 4 rings (SSSR count). The maximum atomic E-state index is 12.8. The number of hydrogen-bond acceptors (Lipinski definition) is 4. The van der Waals surface area contributed by atoms with Crippen LogP contribution in [0.5, 0.6) is 0 Å². The molecule has 1 heterocycles. The van der Waals surface area contributed by atoms with Crippen LogP contribution in [0.3, 0.4) is 0 Å². The second-order valence-electron chi connectivity index (χ2n) is 13.7. The summed E-state index contributed by atoms with van der Waals surface area (Å²) in [5.41, 5.74) is 3.92. The predicted molar refractivity (Wildman–Crippen MR) is 185 cm³/mol. The zero-order valence-corrected chi connectivity index (χ0v) is 27.9. The number of hydrogen-bond donors (Lipinski definition) is 2. The molecule has 0 fully saturated rings. The minimum Gasteiger partial charge on any atom is -0.475 e. The van der Waals surface area contributed by atoms with Crippen LogP contribution < -0.4 is 10.7 Å². The van der Waals surface area contributed by atoms with E-state index in [-0.39, 0.29) is 16.6 Å². The van der Waals surface area contributed by atoms with E-state index in [4.69, 9.17) is 9.52 Å². The molecule has 0 saturated heterocycles. The van der Waals surface area contributed by atoms with Crippen LogP contribution in [-0.4, -0.2) is 17.0 Å². The fourth-order valence-corrected chi connectivity index (χ4v) is 7.13. The SMILES string of the molecule is CCC(CC(C)(C)C(CC(C)(C)C(CC)c1ccccc1)c1ccccc1)c1ccc(NC(=O)c2cc(=O)cc(C(=O)O)o2)cc1. The average molecular weight is 622 g/mol. The van der Waals surface area contributed by atoms with Gasteiger partial charge in [-0.3, -0.25) is 9.59 Å². The second-order valence-corrected chi connectivity index (χ2v) is 13.7. The van der Waals surface area contributed by atoms with Gasteiger partial charge in [-0.05, 0) is 83.1 Å². The van der Waals surface area contributed by atoms with Gasteiger partial charge in [-0.15, -0.1) is 0 Å². The number of aromatic carboxylic acids is 1. The quantitative estimate of drug-likeness (QED) is 0.146. The maximum Gasteiger partial charge on any atom is 0.371 e. The third-order valence-electron chi connectivity index (χ3n) is 9.54. The van der Waals surface area contributed by atoms with Gasteiger partial charge in [-0.25, -0.2) is 4.79 Å². The largest absolute Gasteiger partial charge is 0.475 e. The first kappa shape index (κ1) is 34.4. The number of amides is 1. The summed E-state index contributed by atoms with van der Waals surface area (Å²) in [6.45, 7) is 14.2. The molecule has 0 radical (unpaired) electrons. The molecule has 0 saturated carbocycles. The van der Waals surface area contributed by atoms with Gasteiger partial charge in [0.25, 0.3) is 5.91 Å². The molecule has 0 spiro atoms. The molecule has 6 nitrogen and oxygen atoms in total. The standard InChI is InChI=1S/C40H47NO5/c1-7-27(28-19-21-31(22-20-28)41-37(43)35-23-32(42)24-36(46-35)38(44)45)25-39(3,4)34(30-17-13-10-14-18-30)26-40(5,6)33(8-2)29-15-11-9-12-16-29/h9-24,27,33-34H,7-8,25-26H2,1-6H3,(H,41,43)(H,44,45). The second kappa shape index (κ2) is 14.8. The minimum atomic E-state index is -1.41. The highest BCUT2D eigenvalue weighted by Gasteiger charge is 2.40. The molecule has 0 aliphatic heterocycles. The summed E-state index contributed by atoms with van der Waals surface area (Å²) in [5, 5.41) is 11.9. The van der Waals surface area contributed by atoms with Crippen molar-refractivity contribution in [2.45, 2.75) is 85.0 Å². The number of nitrogens with one attached hydrogen (secondary N) is 1. The van der Waals surface area contributed by atoms with Gasteiger partial charge in [0.15, 0.2) is 11.2 Å². The van der Waals surface area contributed by atoms with Gasteiger partial charge in [0.05, 0.1) is 0 Å². The van der Waals surface area contributed by atoms with Crippen LogP contribution in [0, 0.1) is 10.8 Å². The van der Waals surface area contributed by atoms with E-state index in [2.05, 4.69) is 108 Å². The smallest absolute Gasteiger partial charge is 0.371 e.